The standard InChI is InChI=1S/C9H10INO3S/c1-15(13,14)9(10)8(12)6-2-4-7(11)5-3-6/h2-5,9H,11H2,1H3/t9-/m1/s1. The number of benzene rings is 1. The Bertz CT molecular complexity index is 467. The average Bonchev–Trinajstić information content (AvgIpc) is 2.15. The van der Waals surface area contributed by atoms with Crippen molar-refractivity contribution in [3.63, 3.8) is 0 Å². The summed E-state index contributed by atoms with van der Waals surface area (Å²) < 4.78 is 21.3. The Morgan fingerprint density at radius 2 is 1.80 bits per heavy atom. The molecule has 2 N–H and O–H groups in total. The highest BCUT2D eigenvalue weighted by Crippen LogP contribution is 2.16. The lowest BCUT2D eigenvalue weighted by atomic mass is 10.1. The van der Waals surface area contributed by atoms with Crippen LogP contribution in [0.1, 0.15) is 10.4 Å². The fourth-order valence-electron chi connectivity index (χ4n) is 0.973. The second-order valence-electron chi connectivity index (χ2n) is 3.13. The minimum absolute atomic E-state index is 0.356. The zero-order chi connectivity index (χ0) is 11.6. The van der Waals surface area contributed by atoms with Crippen LogP contribution in [0.2, 0.25) is 0 Å². The second-order valence-corrected chi connectivity index (χ2v) is 7.35. The van der Waals surface area contributed by atoms with Gasteiger partial charge in [0.1, 0.15) is 0 Å². The third-order valence-corrected chi connectivity index (χ3v) is 6.08. The van der Waals surface area contributed by atoms with Crippen molar-refractivity contribution in [3.05, 3.63) is 29.8 Å². The highest BCUT2D eigenvalue weighted by Gasteiger charge is 2.26. The predicted molar refractivity (Wildman–Crippen MR) is 67.8 cm³/mol. The second kappa shape index (κ2) is 4.48. The fourth-order valence-corrected chi connectivity index (χ4v) is 1.86. The first-order chi connectivity index (χ1) is 6.82. The number of nitrogen functional groups attached to an aromatic ring is 1. The van der Waals surface area contributed by atoms with Gasteiger partial charge in [0.2, 0.25) is 0 Å². The van der Waals surface area contributed by atoms with E-state index in [0.29, 0.717) is 11.3 Å². The van der Waals surface area contributed by atoms with Crippen LogP contribution in [0.4, 0.5) is 5.69 Å². The van der Waals surface area contributed by atoms with Gasteiger partial charge in [-0.15, -0.1) is 0 Å². The van der Waals surface area contributed by atoms with Gasteiger partial charge >= 0.3 is 0 Å². The van der Waals surface area contributed by atoms with Crippen molar-refractivity contribution in [2.24, 2.45) is 0 Å². The number of carbonyl (C=O) groups excluding carboxylic acids is 1. The fraction of sp³-hybridized carbons (Fsp3) is 0.222. The molecule has 15 heavy (non-hydrogen) atoms. The summed E-state index contributed by atoms with van der Waals surface area (Å²) in [6, 6.07) is 6.18. The van der Waals surface area contributed by atoms with Crippen LogP contribution in [0.5, 0.6) is 0 Å². The third kappa shape index (κ3) is 3.16. The molecule has 6 heteroatoms. The number of halogens is 1. The van der Waals surface area contributed by atoms with E-state index >= 15 is 0 Å². The van der Waals surface area contributed by atoms with Gasteiger partial charge in [0.15, 0.2) is 18.9 Å². The SMILES string of the molecule is CS(=O)(=O)[C@@H](I)C(=O)c1ccc(N)cc1. The number of hydrogen-bond acceptors (Lipinski definition) is 4. The lowest BCUT2D eigenvalue weighted by Crippen LogP contribution is -2.23. The minimum Gasteiger partial charge on any atom is -0.399 e. The number of carbonyl (C=O) groups is 1. The topological polar surface area (TPSA) is 77.2 Å². The van der Waals surface area contributed by atoms with E-state index in [2.05, 4.69) is 0 Å². The van der Waals surface area contributed by atoms with Gasteiger partial charge in [-0.1, -0.05) is 22.6 Å². The zero-order valence-electron chi connectivity index (χ0n) is 7.98. The highest BCUT2D eigenvalue weighted by atomic mass is 127. The summed E-state index contributed by atoms with van der Waals surface area (Å²) in [5.41, 5.74) is 6.35. The first kappa shape index (κ1) is 12.4. The summed E-state index contributed by atoms with van der Waals surface area (Å²) in [5.74, 6) is -0.418. The summed E-state index contributed by atoms with van der Waals surface area (Å²) in [6.45, 7) is 0. The van der Waals surface area contributed by atoms with E-state index in [4.69, 9.17) is 5.73 Å². The molecule has 0 aliphatic rings. The van der Waals surface area contributed by atoms with Crippen LogP contribution < -0.4 is 5.73 Å². The van der Waals surface area contributed by atoms with E-state index in [-0.39, 0.29) is 0 Å². The van der Waals surface area contributed by atoms with Crippen LogP contribution in [0.3, 0.4) is 0 Å². The van der Waals surface area contributed by atoms with Gasteiger partial charge in [0.25, 0.3) is 0 Å². The molecule has 1 rings (SSSR count). The van der Waals surface area contributed by atoms with Gasteiger partial charge < -0.3 is 5.73 Å². The number of nitrogens with two attached hydrogens (primary N) is 1. The van der Waals surface area contributed by atoms with Crippen molar-refractivity contribution in [1.29, 1.82) is 0 Å². The van der Waals surface area contributed by atoms with Crippen LogP contribution >= 0.6 is 22.6 Å². The first-order valence-electron chi connectivity index (χ1n) is 4.05. The minimum atomic E-state index is -3.35. The van der Waals surface area contributed by atoms with Crippen molar-refractivity contribution in [2.45, 2.75) is 3.26 Å². The predicted octanol–water partition coefficient (Wildman–Crippen LogP) is 1.26. The molecule has 1 aromatic rings. The van der Waals surface area contributed by atoms with Crippen molar-refractivity contribution in [3.8, 4) is 0 Å². The molecule has 0 spiro atoms. The number of anilines is 1. The summed E-state index contributed by atoms with van der Waals surface area (Å²) in [7, 11) is -3.35. The Balaban J connectivity index is 3.01. The molecular formula is C9H10INO3S. The van der Waals surface area contributed by atoms with Gasteiger partial charge in [-0.3, -0.25) is 4.79 Å². The monoisotopic (exact) mass is 339 g/mol. The van der Waals surface area contributed by atoms with Gasteiger partial charge in [-0.05, 0) is 24.3 Å². The molecule has 82 valence electrons. The molecule has 1 atom stereocenters. The van der Waals surface area contributed by atoms with E-state index in [1.165, 1.54) is 12.1 Å². The molecule has 0 saturated heterocycles. The summed E-state index contributed by atoms with van der Waals surface area (Å²) in [6.07, 6.45) is 1.04. The third-order valence-electron chi connectivity index (χ3n) is 1.78. The number of sulfone groups is 1. The Kier molecular flexibility index (Phi) is 3.72. The molecule has 0 aliphatic heterocycles. The van der Waals surface area contributed by atoms with Crippen LogP contribution in [-0.2, 0) is 9.84 Å². The Morgan fingerprint density at radius 3 is 2.20 bits per heavy atom. The lowest BCUT2D eigenvalue weighted by molar-refractivity contribution is 0.101. The Morgan fingerprint density at radius 1 is 1.33 bits per heavy atom. The Hall–Kier alpha value is -0.630. The van der Waals surface area contributed by atoms with E-state index in [9.17, 15) is 13.2 Å². The highest BCUT2D eigenvalue weighted by molar-refractivity contribution is 14.1. The number of rotatable bonds is 3. The Labute approximate surface area is 102 Å². The average molecular weight is 339 g/mol. The maximum absolute atomic E-state index is 11.7. The molecule has 4 nitrogen and oxygen atoms in total. The largest absolute Gasteiger partial charge is 0.399 e. The van der Waals surface area contributed by atoms with Crippen LogP contribution in [-0.4, -0.2) is 23.7 Å². The molecule has 0 unspecified atom stereocenters. The van der Waals surface area contributed by atoms with E-state index in [1.54, 1.807) is 34.7 Å². The lowest BCUT2D eigenvalue weighted by Gasteiger charge is -2.06. The van der Waals surface area contributed by atoms with E-state index < -0.39 is 18.9 Å². The molecule has 0 aromatic heterocycles. The molecule has 0 bridgehead atoms. The van der Waals surface area contributed by atoms with Crippen LogP contribution in [0.25, 0.3) is 0 Å². The summed E-state index contributed by atoms with van der Waals surface area (Å²) in [4.78, 5) is 11.7. The molecule has 0 amide bonds. The van der Waals surface area contributed by atoms with E-state index in [1.807, 2.05) is 0 Å². The smallest absolute Gasteiger partial charge is 0.190 e. The van der Waals surface area contributed by atoms with Crippen LogP contribution in [0.15, 0.2) is 24.3 Å². The van der Waals surface area contributed by atoms with Gasteiger partial charge in [0.05, 0.1) is 0 Å². The molecule has 0 saturated carbocycles. The van der Waals surface area contributed by atoms with Gasteiger partial charge in [0, 0.05) is 17.5 Å². The van der Waals surface area contributed by atoms with E-state index in [0.717, 1.165) is 6.26 Å². The summed E-state index contributed by atoms with van der Waals surface area (Å²) >= 11 is 1.62. The molecular weight excluding hydrogens is 329 g/mol. The summed E-state index contributed by atoms with van der Waals surface area (Å²) in [5, 5.41) is 0. The zero-order valence-corrected chi connectivity index (χ0v) is 10.9. The quantitative estimate of drug-likeness (QED) is 0.389. The number of Topliss-reactive ketones (excluding diaryl/α,β-unsaturated/α-hetero) is 1. The first-order valence-corrected chi connectivity index (χ1v) is 7.25. The van der Waals surface area contributed by atoms with Crippen LogP contribution in [0, 0.1) is 0 Å². The number of hydrogen-bond donors (Lipinski definition) is 1. The number of alkyl halides is 1. The molecule has 0 fully saturated rings. The molecule has 0 heterocycles. The van der Waals surface area contributed by atoms with Crippen molar-refractivity contribution < 1.29 is 13.2 Å². The molecule has 0 radical (unpaired) electrons. The number of ketones is 1. The maximum atomic E-state index is 11.7. The van der Waals surface area contributed by atoms with Gasteiger partial charge in [-0.2, -0.15) is 0 Å². The van der Waals surface area contributed by atoms with Crippen molar-refractivity contribution in [2.75, 3.05) is 12.0 Å². The van der Waals surface area contributed by atoms with Crippen molar-refractivity contribution >= 4 is 43.9 Å². The maximum Gasteiger partial charge on any atom is 0.190 e. The van der Waals surface area contributed by atoms with Gasteiger partial charge in [-0.25, -0.2) is 8.42 Å². The molecule has 0 aliphatic carbocycles. The molecule has 1 aromatic carbocycles. The normalized spacial score (nSPS) is 13.5. The van der Waals surface area contributed by atoms with Crippen molar-refractivity contribution in [1.82, 2.24) is 0 Å².